The Bertz CT molecular complexity index is 1260. The standard InChI is InChI=1S/C25H28FN7O2/c1-2-10-28-23(34)18-14-29-24(30-17-4-3-16-13-27-11-7-15(16)12-17)33-21(18)32-22-19(26)5-6-20(31-22)25(35)8-9-25/h3-6,12,14,27,35H,2,7-11,13H2,1H3,(H,28,34)(H2,29,30,31,32,33). The predicted octanol–water partition coefficient (Wildman–Crippen LogP) is 3.26. The summed E-state index contributed by atoms with van der Waals surface area (Å²) in [7, 11) is 0. The number of pyridine rings is 1. The van der Waals surface area contributed by atoms with Gasteiger partial charge in [0.05, 0.1) is 5.69 Å². The van der Waals surface area contributed by atoms with Gasteiger partial charge in [-0.25, -0.2) is 14.4 Å². The molecule has 9 nitrogen and oxygen atoms in total. The first kappa shape index (κ1) is 23.1. The van der Waals surface area contributed by atoms with Gasteiger partial charge in [-0.2, -0.15) is 4.98 Å². The minimum absolute atomic E-state index is 0.113. The summed E-state index contributed by atoms with van der Waals surface area (Å²) in [6.07, 6.45) is 4.26. The zero-order chi connectivity index (χ0) is 24.4. The van der Waals surface area contributed by atoms with Crippen molar-refractivity contribution >= 4 is 29.2 Å². The lowest BCUT2D eigenvalue weighted by Crippen LogP contribution is -2.25. The highest BCUT2D eigenvalue weighted by Crippen LogP contribution is 2.44. The van der Waals surface area contributed by atoms with Gasteiger partial charge >= 0.3 is 0 Å². The lowest BCUT2D eigenvalue weighted by atomic mass is 10.0. The van der Waals surface area contributed by atoms with Crippen LogP contribution in [0, 0.1) is 5.82 Å². The molecule has 3 aromatic rings. The molecule has 0 atom stereocenters. The lowest BCUT2D eigenvalue weighted by Gasteiger charge is -2.18. The Morgan fingerprint density at radius 2 is 2.00 bits per heavy atom. The highest BCUT2D eigenvalue weighted by Gasteiger charge is 2.44. The normalized spacial score (nSPS) is 15.7. The zero-order valence-corrected chi connectivity index (χ0v) is 19.5. The van der Waals surface area contributed by atoms with Crippen LogP contribution in [0.4, 0.5) is 27.7 Å². The number of benzene rings is 1. The van der Waals surface area contributed by atoms with Crippen molar-refractivity contribution in [1.29, 1.82) is 0 Å². The molecule has 35 heavy (non-hydrogen) atoms. The van der Waals surface area contributed by atoms with Crippen LogP contribution in [-0.2, 0) is 18.6 Å². The summed E-state index contributed by atoms with van der Waals surface area (Å²) < 4.78 is 14.6. The van der Waals surface area contributed by atoms with E-state index in [1.54, 1.807) is 0 Å². The van der Waals surface area contributed by atoms with Gasteiger partial charge in [-0.1, -0.05) is 13.0 Å². The Kier molecular flexibility index (Phi) is 6.31. The van der Waals surface area contributed by atoms with Crippen LogP contribution in [0.3, 0.4) is 0 Å². The number of hydrogen-bond acceptors (Lipinski definition) is 8. The molecule has 0 unspecified atom stereocenters. The Morgan fingerprint density at radius 1 is 1.14 bits per heavy atom. The average Bonchev–Trinajstić information content (AvgIpc) is 3.62. The molecule has 10 heteroatoms. The summed E-state index contributed by atoms with van der Waals surface area (Å²) in [5, 5.41) is 22.6. The maximum absolute atomic E-state index is 14.6. The Hall–Kier alpha value is -3.63. The fraction of sp³-hybridized carbons (Fsp3) is 0.360. The lowest BCUT2D eigenvalue weighted by molar-refractivity contribution is 0.0954. The van der Waals surface area contributed by atoms with E-state index in [2.05, 4.69) is 48.4 Å². The van der Waals surface area contributed by atoms with Gasteiger partial charge in [-0.3, -0.25) is 4.79 Å². The third-order valence-corrected chi connectivity index (χ3v) is 6.20. The number of fused-ring (bicyclic) bond motifs is 1. The molecule has 1 amide bonds. The third-order valence-electron chi connectivity index (χ3n) is 6.20. The summed E-state index contributed by atoms with van der Waals surface area (Å²) in [6, 6.07) is 8.80. The molecule has 1 saturated carbocycles. The second kappa shape index (κ2) is 9.55. The number of halogens is 1. The monoisotopic (exact) mass is 477 g/mol. The summed E-state index contributed by atoms with van der Waals surface area (Å²) in [5.41, 5.74) is 2.86. The summed E-state index contributed by atoms with van der Waals surface area (Å²) in [4.78, 5) is 25.8. The van der Waals surface area contributed by atoms with E-state index in [-0.39, 0.29) is 29.1 Å². The number of rotatable bonds is 8. The maximum atomic E-state index is 14.6. The van der Waals surface area contributed by atoms with E-state index < -0.39 is 11.4 Å². The SMILES string of the molecule is CCCNC(=O)c1cnc(Nc2ccc3c(c2)CCNC3)nc1Nc1nc(C2(O)CC2)ccc1F. The molecule has 0 spiro atoms. The summed E-state index contributed by atoms with van der Waals surface area (Å²) >= 11 is 0. The molecule has 0 bridgehead atoms. The molecule has 2 aromatic heterocycles. The number of nitrogens with zero attached hydrogens (tertiary/aromatic N) is 3. The van der Waals surface area contributed by atoms with E-state index in [0.717, 1.165) is 31.6 Å². The molecular weight excluding hydrogens is 449 g/mol. The summed E-state index contributed by atoms with van der Waals surface area (Å²) in [6.45, 7) is 4.20. The Balaban J connectivity index is 1.46. The first-order valence-electron chi connectivity index (χ1n) is 11.9. The number of nitrogens with one attached hydrogen (secondary N) is 4. The number of amides is 1. The van der Waals surface area contributed by atoms with Crippen molar-refractivity contribution in [3.8, 4) is 0 Å². The smallest absolute Gasteiger partial charge is 0.256 e. The van der Waals surface area contributed by atoms with Crippen molar-refractivity contribution in [2.45, 2.75) is 44.8 Å². The minimum atomic E-state index is -1.02. The Labute approximate surface area is 202 Å². The van der Waals surface area contributed by atoms with Crippen LogP contribution in [0.25, 0.3) is 0 Å². The molecule has 182 valence electrons. The van der Waals surface area contributed by atoms with Crippen molar-refractivity contribution in [1.82, 2.24) is 25.6 Å². The highest BCUT2D eigenvalue weighted by molar-refractivity contribution is 5.99. The van der Waals surface area contributed by atoms with Gasteiger partial charge < -0.3 is 26.4 Å². The van der Waals surface area contributed by atoms with E-state index in [9.17, 15) is 14.3 Å². The number of hydrogen-bond donors (Lipinski definition) is 5. The molecule has 5 N–H and O–H groups in total. The van der Waals surface area contributed by atoms with Gasteiger partial charge in [-0.05, 0) is 67.6 Å². The predicted molar refractivity (Wildman–Crippen MR) is 130 cm³/mol. The molecule has 3 heterocycles. The first-order valence-corrected chi connectivity index (χ1v) is 11.9. The quantitative estimate of drug-likeness (QED) is 0.335. The fourth-order valence-electron chi connectivity index (χ4n) is 4.00. The van der Waals surface area contributed by atoms with Gasteiger partial charge in [0.1, 0.15) is 17.0 Å². The molecular formula is C25H28FN7O2. The van der Waals surface area contributed by atoms with E-state index in [1.165, 1.54) is 29.5 Å². The van der Waals surface area contributed by atoms with Crippen LogP contribution < -0.4 is 21.3 Å². The molecule has 1 aliphatic carbocycles. The van der Waals surface area contributed by atoms with E-state index >= 15 is 0 Å². The van der Waals surface area contributed by atoms with Crippen LogP contribution in [0.15, 0.2) is 36.5 Å². The van der Waals surface area contributed by atoms with Crippen molar-refractivity contribution < 1.29 is 14.3 Å². The summed E-state index contributed by atoms with van der Waals surface area (Å²) in [5.74, 6) is -0.734. The largest absolute Gasteiger partial charge is 0.384 e. The number of aliphatic hydroxyl groups is 1. The van der Waals surface area contributed by atoms with Crippen LogP contribution in [-0.4, -0.2) is 39.1 Å². The molecule has 0 radical (unpaired) electrons. The van der Waals surface area contributed by atoms with E-state index in [4.69, 9.17) is 0 Å². The van der Waals surface area contributed by atoms with Crippen LogP contribution in [0.5, 0.6) is 0 Å². The van der Waals surface area contributed by atoms with Gasteiger partial charge in [0.2, 0.25) is 5.95 Å². The van der Waals surface area contributed by atoms with Gasteiger partial charge in [0, 0.05) is 25.0 Å². The molecule has 5 rings (SSSR count). The number of carbonyl (C=O) groups excluding carboxylic acids is 1. The first-order chi connectivity index (χ1) is 16.9. The number of anilines is 4. The van der Waals surface area contributed by atoms with Crippen LogP contribution >= 0.6 is 0 Å². The van der Waals surface area contributed by atoms with E-state index in [1.807, 2.05) is 13.0 Å². The van der Waals surface area contributed by atoms with Crippen LogP contribution in [0.2, 0.25) is 0 Å². The number of carbonyl (C=O) groups is 1. The van der Waals surface area contributed by atoms with Gasteiger partial charge in [-0.15, -0.1) is 0 Å². The third kappa shape index (κ3) is 5.08. The average molecular weight is 478 g/mol. The Morgan fingerprint density at radius 3 is 2.80 bits per heavy atom. The fourth-order valence-corrected chi connectivity index (χ4v) is 4.00. The molecule has 2 aliphatic rings. The second-order valence-electron chi connectivity index (χ2n) is 8.93. The topological polar surface area (TPSA) is 124 Å². The number of aromatic nitrogens is 3. The van der Waals surface area contributed by atoms with Gasteiger partial charge in [0.15, 0.2) is 11.6 Å². The zero-order valence-electron chi connectivity index (χ0n) is 19.5. The van der Waals surface area contributed by atoms with Gasteiger partial charge in [0.25, 0.3) is 5.91 Å². The minimum Gasteiger partial charge on any atom is -0.384 e. The van der Waals surface area contributed by atoms with Crippen molar-refractivity contribution in [3.63, 3.8) is 0 Å². The molecule has 1 aromatic carbocycles. The maximum Gasteiger partial charge on any atom is 0.256 e. The molecule has 1 aliphatic heterocycles. The molecule has 0 saturated heterocycles. The second-order valence-corrected chi connectivity index (χ2v) is 8.93. The highest BCUT2D eigenvalue weighted by atomic mass is 19.1. The van der Waals surface area contributed by atoms with Crippen molar-refractivity contribution in [2.75, 3.05) is 23.7 Å². The van der Waals surface area contributed by atoms with Crippen molar-refractivity contribution in [2.24, 2.45) is 0 Å². The van der Waals surface area contributed by atoms with Crippen molar-refractivity contribution in [3.05, 3.63) is 64.7 Å². The van der Waals surface area contributed by atoms with Crippen LogP contribution in [0.1, 0.15) is 53.4 Å². The molecule has 1 fully saturated rings. The van der Waals surface area contributed by atoms with E-state index in [0.29, 0.717) is 25.1 Å².